The van der Waals surface area contributed by atoms with E-state index in [4.69, 9.17) is 10.1 Å². The Morgan fingerprint density at radius 2 is 1.86 bits per heavy atom. The molecular formula is C11H14BrNO. The minimum Gasteiger partial charge on any atom is -0.478 e. The lowest BCUT2D eigenvalue weighted by molar-refractivity contribution is 0.325. The van der Waals surface area contributed by atoms with Gasteiger partial charge in [0.05, 0.1) is 6.61 Å². The van der Waals surface area contributed by atoms with E-state index in [9.17, 15) is 0 Å². The molecule has 2 nitrogen and oxygen atoms in total. The Morgan fingerprint density at radius 1 is 1.36 bits per heavy atom. The first-order valence-electron chi connectivity index (χ1n) is 4.54. The molecule has 1 N–H and O–H groups in total. The summed E-state index contributed by atoms with van der Waals surface area (Å²) >= 11 is 3.49. The van der Waals surface area contributed by atoms with Crippen molar-refractivity contribution in [3.63, 3.8) is 0 Å². The zero-order valence-corrected chi connectivity index (χ0v) is 10.2. The molecule has 0 aromatic heterocycles. The highest BCUT2D eigenvalue weighted by Gasteiger charge is 2.06. The van der Waals surface area contributed by atoms with Crippen LogP contribution in [0.4, 0.5) is 0 Å². The lowest BCUT2D eigenvalue weighted by atomic mass is 10.1. The number of hydrogen-bond donors (Lipinski definition) is 1. The highest BCUT2D eigenvalue weighted by Crippen LogP contribution is 2.22. The second kappa shape index (κ2) is 4.60. The number of aryl methyl sites for hydroxylation is 2. The van der Waals surface area contributed by atoms with Crippen molar-refractivity contribution in [2.75, 3.05) is 6.61 Å². The van der Waals surface area contributed by atoms with Gasteiger partial charge in [0.25, 0.3) is 0 Å². The largest absolute Gasteiger partial charge is 0.478 e. The van der Waals surface area contributed by atoms with Crippen LogP contribution in [0, 0.1) is 19.3 Å². The highest BCUT2D eigenvalue weighted by molar-refractivity contribution is 9.10. The first-order valence-corrected chi connectivity index (χ1v) is 5.34. The first-order chi connectivity index (χ1) is 6.56. The second-order valence-corrected chi connectivity index (χ2v) is 3.98. The molecule has 1 aromatic rings. The molecule has 1 aromatic carbocycles. The molecule has 0 saturated heterocycles. The van der Waals surface area contributed by atoms with Crippen molar-refractivity contribution in [2.45, 2.75) is 20.8 Å². The van der Waals surface area contributed by atoms with Gasteiger partial charge in [-0.25, -0.2) is 0 Å². The van der Waals surface area contributed by atoms with Crippen LogP contribution in [0.5, 0.6) is 0 Å². The lowest BCUT2D eigenvalue weighted by Crippen LogP contribution is -2.05. The molecule has 1 rings (SSSR count). The molecule has 0 fully saturated rings. The molecule has 76 valence electrons. The topological polar surface area (TPSA) is 33.1 Å². The predicted molar refractivity (Wildman–Crippen MR) is 62.1 cm³/mol. The number of benzene rings is 1. The van der Waals surface area contributed by atoms with E-state index >= 15 is 0 Å². The van der Waals surface area contributed by atoms with Crippen molar-refractivity contribution in [1.29, 1.82) is 5.41 Å². The van der Waals surface area contributed by atoms with Crippen molar-refractivity contribution in [2.24, 2.45) is 0 Å². The lowest BCUT2D eigenvalue weighted by Gasteiger charge is -2.09. The molecule has 3 heteroatoms. The van der Waals surface area contributed by atoms with Crippen LogP contribution in [0.25, 0.3) is 0 Å². The normalized spacial score (nSPS) is 10.0. The van der Waals surface area contributed by atoms with Gasteiger partial charge in [0, 0.05) is 10.0 Å². The molecule has 0 saturated carbocycles. The van der Waals surface area contributed by atoms with Gasteiger partial charge >= 0.3 is 0 Å². The minimum atomic E-state index is 0.242. The fourth-order valence-electron chi connectivity index (χ4n) is 1.30. The van der Waals surface area contributed by atoms with Gasteiger partial charge in [0.2, 0.25) is 5.90 Å². The molecule has 0 aliphatic heterocycles. The number of nitrogens with one attached hydrogen (secondary N) is 1. The van der Waals surface area contributed by atoms with Crippen LogP contribution in [0.1, 0.15) is 23.6 Å². The average Bonchev–Trinajstić information content (AvgIpc) is 2.13. The molecular weight excluding hydrogens is 242 g/mol. The summed E-state index contributed by atoms with van der Waals surface area (Å²) in [4.78, 5) is 0. The molecule has 0 radical (unpaired) electrons. The first kappa shape index (κ1) is 11.2. The monoisotopic (exact) mass is 255 g/mol. The summed E-state index contributed by atoms with van der Waals surface area (Å²) in [6.07, 6.45) is 0. The summed E-state index contributed by atoms with van der Waals surface area (Å²) in [5, 5.41) is 7.66. The van der Waals surface area contributed by atoms with E-state index < -0.39 is 0 Å². The Bertz CT molecular complexity index is 337. The zero-order valence-electron chi connectivity index (χ0n) is 8.65. The van der Waals surface area contributed by atoms with Gasteiger partial charge in [0.1, 0.15) is 0 Å². The van der Waals surface area contributed by atoms with Gasteiger partial charge in [-0.05, 0) is 44.0 Å². The van der Waals surface area contributed by atoms with Crippen molar-refractivity contribution >= 4 is 21.8 Å². The third kappa shape index (κ3) is 2.35. The maximum Gasteiger partial charge on any atom is 0.213 e. The van der Waals surface area contributed by atoms with Crippen LogP contribution < -0.4 is 0 Å². The minimum absolute atomic E-state index is 0.242. The van der Waals surface area contributed by atoms with Crippen molar-refractivity contribution in [3.05, 3.63) is 33.3 Å². The molecule has 0 aliphatic carbocycles. The molecule has 0 bridgehead atoms. The van der Waals surface area contributed by atoms with Gasteiger partial charge in [-0.1, -0.05) is 15.9 Å². The number of hydrogen-bond acceptors (Lipinski definition) is 2. The average molecular weight is 256 g/mol. The van der Waals surface area contributed by atoms with Gasteiger partial charge in [-0.15, -0.1) is 0 Å². The molecule has 0 aliphatic rings. The molecule has 0 unspecified atom stereocenters. The molecule has 0 atom stereocenters. The van der Waals surface area contributed by atoms with Gasteiger partial charge in [-0.2, -0.15) is 0 Å². The van der Waals surface area contributed by atoms with E-state index in [2.05, 4.69) is 15.9 Å². The van der Waals surface area contributed by atoms with E-state index in [-0.39, 0.29) is 5.90 Å². The fourth-order valence-corrected chi connectivity index (χ4v) is 1.53. The Labute approximate surface area is 92.9 Å². The SMILES string of the molecule is CCOC(=N)c1cc(C)c(Br)c(C)c1. The quantitative estimate of drug-likeness (QED) is 0.638. The van der Waals surface area contributed by atoms with Gasteiger partial charge in [-0.3, -0.25) is 5.41 Å². The summed E-state index contributed by atoms with van der Waals surface area (Å²) in [5.74, 6) is 0.242. The van der Waals surface area contributed by atoms with Crippen LogP contribution in [0.15, 0.2) is 16.6 Å². The van der Waals surface area contributed by atoms with E-state index in [1.807, 2.05) is 32.9 Å². The Balaban J connectivity index is 3.06. The van der Waals surface area contributed by atoms with Crippen molar-refractivity contribution in [1.82, 2.24) is 0 Å². The Kier molecular flexibility index (Phi) is 3.69. The van der Waals surface area contributed by atoms with Gasteiger partial charge in [0.15, 0.2) is 0 Å². The summed E-state index contributed by atoms with van der Waals surface area (Å²) in [6.45, 7) is 6.44. The second-order valence-electron chi connectivity index (χ2n) is 3.19. The van der Waals surface area contributed by atoms with E-state index in [1.165, 1.54) is 0 Å². The molecule has 0 spiro atoms. The third-order valence-corrected chi connectivity index (χ3v) is 3.24. The van der Waals surface area contributed by atoms with Crippen LogP contribution in [-0.4, -0.2) is 12.5 Å². The smallest absolute Gasteiger partial charge is 0.213 e. The number of halogens is 1. The van der Waals surface area contributed by atoms with Crippen LogP contribution in [0.2, 0.25) is 0 Å². The standard InChI is InChI=1S/C11H14BrNO/c1-4-14-11(13)9-5-7(2)10(12)8(3)6-9/h5-6,13H,4H2,1-3H3. The van der Waals surface area contributed by atoms with Crippen molar-refractivity contribution in [3.8, 4) is 0 Å². The Morgan fingerprint density at radius 3 is 2.29 bits per heavy atom. The summed E-state index contributed by atoms with van der Waals surface area (Å²) in [7, 11) is 0. The van der Waals surface area contributed by atoms with Crippen LogP contribution in [0.3, 0.4) is 0 Å². The Hall–Kier alpha value is -0.830. The maximum atomic E-state index is 7.66. The van der Waals surface area contributed by atoms with E-state index in [0.717, 1.165) is 21.2 Å². The van der Waals surface area contributed by atoms with E-state index in [0.29, 0.717) is 6.61 Å². The van der Waals surface area contributed by atoms with Crippen molar-refractivity contribution < 1.29 is 4.74 Å². The van der Waals surface area contributed by atoms with E-state index in [1.54, 1.807) is 0 Å². The third-order valence-electron chi connectivity index (χ3n) is 1.99. The summed E-state index contributed by atoms with van der Waals surface area (Å²) in [6, 6.07) is 3.91. The van der Waals surface area contributed by atoms with Crippen LogP contribution >= 0.6 is 15.9 Å². The molecule has 14 heavy (non-hydrogen) atoms. The molecule has 0 amide bonds. The number of ether oxygens (including phenoxy) is 1. The van der Waals surface area contributed by atoms with Gasteiger partial charge < -0.3 is 4.74 Å². The molecule has 0 heterocycles. The highest BCUT2D eigenvalue weighted by atomic mass is 79.9. The van der Waals surface area contributed by atoms with Crippen LogP contribution in [-0.2, 0) is 4.74 Å². The summed E-state index contributed by atoms with van der Waals surface area (Å²) < 4.78 is 6.25. The predicted octanol–water partition coefficient (Wildman–Crippen LogP) is 3.43. The number of rotatable bonds is 2. The summed E-state index contributed by atoms with van der Waals surface area (Å²) in [5.41, 5.74) is 3.10. The fraction of sp³-hybridized carbons (Fsp3) is 0.364. The maximum absolute atomic E-state index is 7.66. The zero-order chi connectivity index (χ0) is 10.7.